The third kappa shape index (κ3) is 5.78. The van der Waals surface area contributed by atoms with E-state index in [1.807, 2.05) is 20.8 Å². The molecule has 1 amide bonds. The van der Waals surface area contributed by atoms with E-state index in [0.717, 1.165) is 32.5 Å². The van der Waals surface area contributed by atoms with Crippen molar-refractivity contribution in [2.75, 3.05) is 26.8 Å². The number of carbonyl (C=O) groups excluding carboxylic acids is 1. The van der Waals surface area contributed by atoms with E-state index >= 15 is 0 Å². The number of nitrogens with two attached hydrogens (primary N) is 1. The number of nitrogens with zero attached hydrogens (tertiary/aromatic N) is 1. The lowest BCUT2D eigenvalue weighted by Gasteiger charge is -2.33. The van der Waals surface area contributed by atoms with Gasteiger partial charge < -0.3 is 20.1 Å². The van der Waals surface area contributed by atoms with Crippen molar-refractivity contribution in [2.24, 2.45) is 11.7 Å². The predicted octanol–water partition coefficient (Wildman–Crippen LogP) is 2.00. The fourth-order valence-electron chi connectivity index (χ4n) is 2.27. The van der Waals surface area contributed by atoms with Crippen LogP contribution in [0.25, 0.3) is 0 Å². The van der Waals surface area contributed by atoms with Crippen molar-refractivity contribution in [3.05, 3.63) is 0 Å². The van der Waals surface area contributed by atoms with Gasteiger partial charge in [-0.2, -0.15) is 0 Å². The number of amides is 1. The molecule has 2 N–H and O–H groups in total. The molecule has 5 nitrogen and oxygen atoms in total. The summed E-state index contributed by atoms with van der Waals surface area (Å²) in [6, 6.07) is 0.0153. The minimum atomic E-state index is -0.474. The molecule has 1 rings (SSSR count). The molecule has 0 aromatic heterocycles. The normalized spacial score (nSPS) is 21.8. The maximum absolute atomic E-state index is 12.0. The zero-order valence-electron chi connectivity index (χ0n) is 12.6. The summed E-state index contributed by atoms with van der Waals surface area (Å²) in [6.07, 6.45) is 2.82. The number of likely N-dealkylation sites (N-methyl/N-ethyl adjacent to an activating group) is 1. The van der Waals surface area contributed by atoms with Crippen LogP contribution in [0.5, 0.6) is 0 Å². The first kappa shape index (κ1) is 16.2. The molecule has 112 valence electrons. The van der Waals surface area contributed by atoms with Crippen LogP contribution in [0.15, 0.2) is 0 Å². The van der Waals surface area contributed by atoms with Crippen LogP contribution >= 0.6 is 0 Å². The van der Waals surface area contributed by atoms with Gasteiger partial charge in [-0.15, -0.1) is 0 Å². The molecule has 0 aromatic rings. The molecule has 1 aliphatic rings. The molecule has 1 saturated heterocycles. The molecular formula is C14H28N2O3. The molecule has 1 aliphatic heterocycles. The summed E-state index contributed by atoms with van der Waals surface area (Å²) in [6.45, 7) is 7.68. The van der Waals surface area contributed by atoms with Crippen LogP contribution in [-0.2, 0) is 9.47 Å². The highest BCUT2D eigenvalue weighted by Crippen LogP contribution is 2.21. The summed E-state index contributed by atoms with van der Waals surface area (Å²) >= 11 is 0. The SMILES string of the molecule is CN(C(=O)OC(C)(C)C)[C@@H](CN)C[C@H]1CCCOC1. The van der Waals surface area contributed by atoms with E-state index in [9.17, 15) is 4.79 Å². The monoisotopic (exact) mass is 272 g/mol. The van der Waals surface area contributed by atoms with Crippen LogP contribution in [-0.4, -0.2) is 49.4 Å². The molecule has 2 atom stereocenters. The lowest BCUT2D eigenvalue weighted by atomic mass is 9.94. The Morgan fingerprint density at radius 3 is 2.68 bits per heavy atom. The first-order chi connectivity index (χ1) is 8.83. The van der Waals surface area contributed by atoms with Crippen LogP contribution < -0.4 is 5.73 Å². The van der Waals surface area contributed by atoms with Crippen molar-refractivity contribution in [2.45, 2.75) is 51.7 Å². The van der Waals surface area contributed by atoms with Gasteiger partial charge >= 0.3 is 6.09 Å². The van der Waals surface area contributed by atoms with Gasteiger partial charge in [0.15, 0.2) is 0 Å². The van der Waals surface area contributed by atoms with Crippen molar-refractivity contribution in [3.8, 4) is 0 Å². The maximum Gasteiger partial charge on any atom is 0.410 e. The zero-order valence-corrected chi connectivity index (χ0v) is 12.6. The Kier molecular flexibility index (Phi) is 6.07. The first-order valence-electron chi connectivity index (χ1n) is 7.07. The van der Waals surface area contributed by atoms with Crippen molar-refractivity contribution >= 4 is 6.09 Å². The van der Waals surface area contributed by atoms with E-state index in [2.05, 4.69) is 0 Å². The van der Waals surface area contributed by atoms with Gasteiger partial charge in [0.1, 0.15) is 5.60 Å². The second-order valence-electron chi connectivity index (χ2n) is 6.30. The Bertz CT molecular complexity index is 283. The van der Waals surface area contributed by atoms with Gasteiger partial charge in [-0.05, 0) is 46.0 Å². The Labute approximate surface area is 116 Å². The van der Waals surface area contributed by atoms with Crippen molar-refractivity contribution in [1.82, 2.24) is 4.90 Å². The van der Waals surface area contributed by atoms with E-state index in [-0.39, 0.29) is 12.1 Å². The van der Waals surface area contributed by atoms with Gasteiger partial charge in [-0.3, -0.25) is 0 Å². The van der Waals surface area contributed by atoms with Crippen LogP contribution in [0.2, 0.25) is 0 Å². The lowest BCUT2D eigenvalue weighted by molar-refractivity contribution is 0.0123. The molecule has 1 fully saturated rings. The van der Waals surface area contributed by atoms with Gasteiger partial charge in [-0.1, -0.05) is 0 Å². The molecule has 19 heavy (non-hydrogen) atoms. The number of hydrogen-bond acceptors (Lipinski definition) is 4. The summed E-state index contributed by atoms with van der Waals surface area (Å²) in [7, 11) is 1.76. The lowest BCUT2D eigenvalue weighted by Crippen LogP contribution is -2.45. The van der Waals surface area contributed by atoms with Crippen LogP contribution in [0.3, 0.4) is 0 Å². The molecular weight excluding hydrogens is 244 g/mol. The second kappa shape index (κ2) is 7.10. The molecule has 0 bridgehead atoms. The van der Waals surface area contributed by atoms with Gasteiger partial charge in [-0.25, -0.2) is 4.79 Å². The fourth-order valence-corrected chi connectivity index (χ4v) is 2.27. The second-order valence-corrected chi connectivity index (χ2v) is 6.30. The average molecular weight is 272 g/mol. The minimum Gasteiger partial charge on any atom is -0.444 e. The third-order valence-electron chi connectivity index (χ3n) is 3.36. The van der Waals surface area contributed by atoms with E-state index in [1.54, 1.807) is 11.9 Å². The van der Waals surface area contributed by atoms with Gasteiger partial charge in [0.05, 0.1) is 0 Å². The minimum absolute atomic E-state index is 0.0153. The molecule has 0 saturated carbocycles. The highest BCUT2D eigenvalue weighted by molar-refractivity contribution is 5.68. The van der Waals surface area contributed by atoms with Crippen molar-refractivity contribution < 1.29 is 14.3 Å². The number of hydrogen-bond donors (Lipinski definition) is 1. The van der Waals surface area contributed by atoms with Crippen LogP contribution in [0.1, 0.15) is 40.0 Å². The molecule has 0 aliphatic carbocycles. The van der Waals surface area contributed by atoms with E-state index < -0.39 is 5.60 Å². The Morgan fingerprint density at radius 1 is 1.53 bits per heavy atom. The Morgan fingerprint density at radius 2 is 2.21 bits per heavy atom. The van der Waals surface area contributed by atoms with Gasteiger partial charge in [0, 0.05) is 32.8 Å². The molecule has 0 unspecified atom stereocenters. The van der Waals surface area contributed by atoms with Crippen LogP contribution in [0, 0.1) is 5.92 Å². The highest BCUT2D eigenvalue weighted by atomic mass is 16.6. The fraction of sp³-hybridized carbons (Fsp3) is 0.929. The summed E-state index contributed by atoms with van der Waals surface area (Å²) in [5, 5.41) is 0. The average Bonchev–Trinajstić information content (AvgIpc) is 2.34. The van der Waals surface area contributed by atoms with E-state index in [4.69, 9.17) is 15.2 Å². The summed E-state index contributed by atoms with van der Waals surface area (Å²) in [5.41, 5.74) is 5.33. The number of rotatable bonds is 4. The molecule has 0 aromatic carbocycles. The van der Waals surface area contributed by atoms with E-state index in [0.29, 0.717) is 12.5 Å². The smallest absolute Gasteiger partial charge is 0.410 e. The van der Waals surface area contributed by atoms with Gasteiger partial charge in [0.25, 0.3) is 0 Å². The van der Waals surface area contributed by atoms with Crippen molar-refractivity contribution in [3.63, 3.8) is 0 Å². The summed E-state index contributed by atoms with van der Waals surface area (Å²) < 4.78 is 10.8. The van der Waals surface area contributed by atoms with Gasteiger partial charge in [0.2, 0.25) is 0 Å². The topological polar surface area (TPSA) is 64.8 Å². The van der Waals surface area contributed by atoms with Crippen molar-refractivity contribution in [1.29, 1.82) is 0 Å². The summed E-state index contributed by atoms with van der Waals surface area (Å²) in [4.78, 5) is 13.6. The maximum atomic E-state index is 12.0. The predicted molar refractivity (Wildman–Crippen MR) is 75.0 cm³/mol. The number of carbonyl (C=O) groups is 1. The van der Waals surface area contributed by atoms with Crippen LogP contribution in [0.4, 0.5) is 4.79 Å². The highest BCUT2D eigenvalue weighted by Gasteiger charge is 2.27. The largest absolute Gasteiger partial charge is 0.444 e. The zero-order chi connectivity index (χ0) is 14.5. The van der Waals surface area contributed by atoms with E-state index in [1.165, 1.54) is 0 Å². The summed E-state index contributed by atoms with van der Waals surface area (Å²) in [5.74, 6) is 0.493. The Balaban J connectivity index is 2.50. The molecule has 5 heteroatoms. The Hall–Kier alpha value is -0.810. The third-order valence-corrected chi connectivity index (χ3v) is 3.36. The quantitative estimate of drug-likeness (QED) is 0.850. The standard InChI is InChI=1S/C14H28N2O3/c1-14(2,3)19-13(17)16(4)12(9-15)8-11-6-5-7-18-10-11/h11-12H,5-10,15H2,1-4H3/t11-,12-/m1/s1. The molecule has 1 heterocycles. The molecule has 0 spiro atoms. The number of ether oxygens (including phenoxy) is 2. The molecule has 0 radical (unpaired) electrons. The first-order valence-corrected chi connectivity index (χ1v) is 7.07.